The lowest BCUT2D eigenvalue weighted by Gasteiger charge is -2.25. The third-order valence-electron chi connectivity index (χ3n) is 3.29. The van der Waals surface area contributed by atoms with Gasteiger partial charge in [-0.05, 0) is 31.5 Å². The first kappa shape index (κ1) is 20.7. The number of aliphatic hydroxyl groups is 2. The van der Waals surface area contributed by atoms with Gasteiger partial charge in [-0.2, -0.15) is 0 Å². The Balaban J connectivity index is 3.01. The minimum absolute atomic E-state index is 0.107. The number of ether oxygens (including phenoxy) is 2. The number of hydrogen-bond donors (Lipinski definition) is 5. The molecule has 1 aromatic rings. The fourth-order valence-corrected chi connectivity index (χ4v) is 1.77. The van der Waals surface area contributed by atoms with Gasteiger partial charge in [0, 0.05) is 32.2 Å². The van der Waals surface area contributed by atoms with Crippen molar-refractivity contribution >= 4 is 12.2 Å². The van der Waals surface area contributed by atoms with Crippen molar-refractivity contribution in [3.8, 4) is 11.5 Å². The van der Waals surface area contributed by atoms with E-state index < -0.39 is 23.8 Å². The quantitative estimate of drug-likeness (QED) is 0.482. The van der Waals surface area contributed by atoms with Gasteiger partial charge >= 0.3 is 12.2 Å². The smallest absolute Gasteiger partial charge is 0.410 e. The Bertz CT molecular complexity index is 569. The van der Waals surface area contributed by atoms with Crippen molar-refractivity contribution < 1.29 is 29.3 Å². The summed E-state index contributed by atoms with van der Waals surface area (Å²) in [5, 5.41) is 27.2. The van der Waals surface area contributed by atoms with Gasteiger partial charge in [-0.25, -0.2) is 9.59 Å². The van der Waals surface area contributed by atoms with E-state index in [4.69, 9.17) is 9.47 Å². The Morgan fingerprint density at radius 1 is 1.08 bits per heavy atom. The summed E-state index contributed by atoms with van der Waals surface area (Å²) in [5.41, 5.74) is -0.194. The highest BCUT2D eigenvalue weighted by molar-refractivity contribution is 5.72. The zero-order valence-corrected chi connectivity index (χ0v) is 14.8. The Morgan fingerprint density at radius 3 is 1.96 bits per heavy atom. The van der Waals surface area contributed by atoms with Crippen LogP contribution in [0.2, 0.25) is 0 Å². The maximum Gasteiger partial charge on any atom is 0.412 e. The summed E-state index contributed by atoms with van der Waals surface area (Å²) >= 11 is 0. The molecule has 9 heteroatoms. The molecule has 0 aromatic heterocycles. The van der Waals surface area contributed by atoms with E-state index in [2.05, 4.69) is 16.0 Å². The molecule has 0 bridgehead atoms. The molecule has 0 aliphatic heterocycles. The number of hydrogen-bond acceptors (Lipinski definition) is 7. The standard InChI is InChI=1S/C16H25N3O6/c1-16(2,9-20)19-8-13(21)10-5-11(24-14(22)17-3)7-12(6-10)25-15(23)18-4/h5-7,13,19-21H,8-9H2,1-4H3,(H,17,22)(H,18,23). The monoisotopic (exact) mass is 355 g/mol. The predicted molar refractivity (Wildman–Crippen MR) is 90.7 cm³/mol. The van der Waals surface area contributed by atoms with Crippen LogP contribution in [0.5, 0.6) is 11.5 Å². The van der Waals surface area contributed by atoms with Crippen LogP contribution in [-0.2, 0) is 0 Å². The van der Waals surface area contributed by atoms with Gasteiger partial charge in [0.2, 0.25) is 0 Å². The number of aliphatic hydroxyl groups excluding tert-OH is 2. The Morgan fingerprint density at radius 2 is 1.56 bits per heavy atom. The summed E-state index contributed by atoms with van der Waals surface area (Å²) < 4.78 is 10.1. The minimum atomic E-state index is -0.980. The third-order valence-corrected chi connectivity index (χ3v) is 3.29. The van der Waals surface area contributed by atoms with Crippen molar-refractivity contribution in [2.75, 3.05) is 27.2 Å². The first-order valence-corrected chi connectivity index (χ1v) is 7.69. The van der Waals surface area contributed by atoms with Gasteiger partial charge < -0.3 is 35.6 Å². The number of benzene rings is 1. The second-order valence-electron chi connectivity index (χ2n) is 5.96. The molecule has 0 aliphatic rings. The molecular weight excluding hydrogens is 330 g/mol. The average molecular weight is 355 g/mol. The minimum Gasteiger partial charge on any atom is -0.410 e. The second-order valence-corrected chi connectivity index (χ2v) is 5.96. The number of carbonyl (C=O) groups is 2. The lowest BCUT2D eigenvalue weighted by molar-refractivity contribution is 0.135. The maximum atomic E-state index is 11.4. The molecule has 1 unspecified atom stereocenters. The van der Waals surface area contributed by atoms with Crippen molar-refractivity contribution in [3.63, 3.8) is 0 Å². The highest BCUT2D eigenvalue weighted by atomic mass is 16.6. The zero-order valence-electron chi connectivity index (χ0n) is 14.8. The first-order valence-electron chi connectivity index (χ1n) is 7.69. The molecular formula is C16H25N3O6. The van der Waals surface area contributed by atoms with Crippen LogP contribution in [0.3, 0.4) is 0 Å². The van der Waals surface area contributed by atoms with Gasteiger partial charge in [-0.3, -0.25) is 0 Å². The first-order chi connectivity index (χ1) is 11.7. The molecule has 0 aliphatic carbocycles. The van der Waals surface area contributed by atoms with Crippen LogP contribution in [0, 0.1) is 0 Å². The Kier molecular flexibility index (Phi) is 7.62. The van der Waals surface area contributed by atoms with Gasteiger partial charge in [-0.15, -0.1) is 0 Å². The molecule has 1 atom stereocenters. The van der Waals surface area contributed by atoms with Crippen LogP contribution >= 0.6 is 0 Å². The van der Waals surface area contributed by atoms with Crippen LogP contribution in [-0.4, -0.2) is 55.2 Å². The number of rotatable bonds is 7. The summed E-state index contributed by atoms with van der Waals surface area (Å²) in [6, 6.07) is 4.28. The van der Waals surface area contributed by atoms with Crippen molar-refractivity contribution in [2.24, 2.45) is 0 Å². The second kappa shape index (κ2) is 9.21. The molecule has 0 radical (unpaired) electrons. The summed E-state index contributed by atoms with van der Waals surface area (Å²) in [5.74, 6) is 0.215. The highest BCUT2D eigenvalue weighted by Crippen LogP contribution is 2.27. The van der Waals surface area contributed by atoms with E-state index in [1.165, 1.54) is 32.3 Å². The largest absolute Gasteiger partial charge is 0.412 e. The van der Waals surface area contributed by atoms with Crippen molar-refractivity contribution in [1.29, 1.82) is 0 Å². The fourth-order valence-electron chi connectivity index (χ4n) is 1.77. The molecule has 2 amide bonds. The van der Waals surface area contributed by atoms with E-state index in [9.17, 15) is 19.8 Å². The molecule has 0 fully saturated rings. The van der Waals surface area contributed by atoms with Crippen molar-refractivity contribution in [3.05, 3.63) is 23.8 Å². The Hall–Kier alpha value is -2.36. The van der Waals surface area contributed by atoms with E-state index in [0.717, 1.165) is 0 Å². The fraction of sp³-hybridized carbons (Fsp3) is 0.500. The lowest BCUT2D eigenvalue weighted by Crippen LogP contribution is -2.44. The topological polar surface area (TPSA) is 129 Å². The molecule has 9 nitrogen and oxygen atoms in total. The van der Waals surface area contributed by atoms with E-state index >= 15 is 0 Å². The maximum absolute atomic E-state index is 11.4. The average Bonchev–Trinajstić information content (AvgIpc) is 2.59. The van der Waals surface area contributed by atoms with Gasteiger partial charge in [0.25, 0.3) is 0 Å². The van der Waals surface area contributed by atoms with E-state index in [-0.39, 0.29) is 24.7 Å². The molecule has 1 rings (SSSR count). The van der Waals surface area contributed by atoms with Gasteiger partial charge in [0.05, 0.1) is 12.7 Å². The summed E-state index contributed by atoms with van der Waals surface area (Å²) in [4.78, 5) is 22.8. The van der Waals surface area contributed by atoms with Gasteiger partial charge in [-0.1, -0.05) is 0 Å². The zero-order chi connectivity index (χ0) is 19.0. The van der Waals surface area contributed by atoms with Crippen LogP contribution in [0.4, 0.5) is 9.59 Å². The molecule has 0 saturated heterocycles. The van der Waals surface area contributed by atoms with Gasteiger partial charge in [0.1, 0.15) is 11.5 Å². The number of amides is 2. The predicted octanol–water partition coefficient (Wildman–Crippen LogP) is 0.517. The molecule has 25 heavy (non-hydrogen) atoms. The van der Waals surface area contributed by atoms with E-state index in [1.54, 1.807) is 13.8 Å². The summed E-state index contributed by atoms with van der Waals surface area (Å²) in [6.45, 7) is 3.59. The normalized spacial score (nSPS) is 12.2. The molecule has 1 aromatic carbocycles. The van der Waals surface area contributed by atoms with E-state index in [0.29, 0.717) is 5.56 Å². The van der Waals surface area contributed by atoms with Crippen LogP contribution < -0.4 is 25.4 Å². The van der Waals surface area contributed by atoms with Crippen molar-refractivity contribution in [1.82, 2.24) is 16.0 Å². The molecule has 5 N–H and O–H groups in total. The van der Waals surface area contributed by atoms with Crippen molar-refractivity contribution in [2.45, 2.75) is 25.5 Å². The van der Waals surface area contributed by atoms with Crippen LogP contribution in [0.25, 0.3) is 0 Å². The highest BCUT2D eigenvalue weighted by Gasteiger charge is 2.19. The number of nitrogens with one attached hydrogen (secondary N) is 3. The SMILES string of the molecule is CNC(=O)Oc1cc(OC(=O)NC)cc(C(O)CNC(C)(C)CO)c1. The van der Waals surface area contributed by atoms with Gasteiger partial charge in [0.15, 0.2) is 0 Å². The van der Waals surface area contributed by atoms with E-state index in [1.807, 2.05) is 0 Å². The van der Waals surface area contributed by atoms with Crippen LogP contribution in [0.15, 0.2) is 18.2 Å². The number of carbonyl (C=O) groups excluding carboxylic acids is 2. The number of β-amino-alcohol motifs (C(OH)–C–C–N with tert-alkyl or cyclic N) is 1. The van der Waals surface area contributed by atoms with Crippen LogP contribution in [0.1, 0.15) is 25.5 Å². The lowest BCUT2D eigenvalue weighted by atomic mass is 10.0. The molecule has 0 spiro atoms. The third kappa shape index (κ3) is 6.96. The molecule has 140 valence electrons. The summed E-state index contributed by atoms with van der Waals surface area (Å²) in [6.07, 6.45) is -2.37. The molecule has 0 heterocycles. The summed E-state index contributed by atoms with van der Waals surface area (Å²) in [7, 11) is 2.81. The molecule has 0 saturated carbocycles. The Labute approximate surface area is 146 Å².